The number of hydrogen-bond acceptors (Lipinski definition) is 4. The molecule has 1 saturated heterocycles. The summed E-state index contributed by atoms with van der Waals surface area (Å²) in [6.07, 6.45) is 0. The van der Waals surface area contributed by atoms with Crippen LogP contribution in [-0.4, -0.2) is 60.2 Å². The molecule has 1 aliphatic rings. The van der Waals surface area contributed by atoms with E-state index in [1.807, 2.05) is 23.1 Å². The van der Waals surface area contributed by atoms with Crippen LogP contribution >= 0.6 is 11.6 Å². The number of nitrogens with one attached hydrogen (secondary N) is 2. The topological polar surface area (TPSA) is 81.8 Å². The highest BCUT2D eigenvalue weighted by molar-refractivity contribution is 6.33. The summed E-state index contributed by atoms with van der Waals surface area (Å²) in [5.41, 5.74) is 2.00. The van der Waals surface area contributed by atoms with E-state index in [0.717, 1.165) is 0 Å². The fourth-order valence-electron chi connectivity index (χ4n) is 3.82. The lowest BCUT2D eigenvalue weighted by atomic mass is 10.1. The van der Waals surface area contributed by atoms with Gasteiger partial charge in [0.1, 0.15) is 0 Å². The lowest BCUT2D eigenvalue weighted by Crippen LogP contribution is -2.50. The molecule has 0 spiro atoms. The first-order valence-electron chi connectivity index (χ1n) is 11.0. The van der Waals surface area contributed by atoms with Crippen LogP contribution in [0.2, 0.25) is 5.02 Å². The van der Waals surface area contributed by atoms with E-state index in [2.05, 4.69) is 10.6 Å². The Morgan fingerprint density at radius 3 is 2.06 bits per heavy atom. The van der Waals surface area contributed by atoms with E-state index in [4.69, 9.17) is 11.6 Å². The molecule has 1 heterocycles. The van der Waals surface area contributed by atoms with Crippen LogP contribution < -0.4 is 10.6 Å². The highest BCUT2D eigenvalue weighted by atomic mass is 35.5. The fraction of sp³-hybridized carbons (Fsp3) is 0.192. The molecule has 0 atom stereocenters. The van der Waals surface area contributed by atoms with Crippen LogP contribution in [0, 0.1) is 0 Å². The molecule has 0 saturated carbocycles. The highest BCUT2D eigenvalue weighted by Gasteiger charge is 2.24. The molecule has 3 aromatic rings. The van der Waals surface area contributed by atoms with Crippen LogP contribution in [0.4, 0.5) is 11.4 Å². The molecule has 0 unspecified atom stereocenters. The van der Waals surface area contributed by atoms with Crippen molar-refractivity contribution in [1.82, 2.24) is 9.80 Å². The van der Waals surface area contributed by atoms with Crippen LogP contribution in [0.5, 0.6) is 0 Å². The molecule has 174 valence electrons. The zero-order chi connectivity index (χ0) is 23.9. The third kappa shape index (κ3) is 5.81. The zero-order valence-electron chi connectivity index (χ0n) is 18.5. The molecule has 0 aromatic heterocycles. The van der Waals surface area contributed by atoms with Crippen molar-refractivity contribution < 1.29 is 14.4 Å². The molecule has 0 aliphatic carbocycles. The van der Waals surface area contributed by atoms with Crippen molar-refractivity contribution in [2.45, 2.75) is 0 Å². The third-order valence-corrected chi connectivity index (χ3v) is 5.94. The SMILES string of the molecule is O=C(CN1CCN(C(=O)c2ccccc2Cl)CC1)Nc1ccccc1C(=O)Nc1ccccc1. The van der Waals surface area contributed by atoms with Gasteiger partial charge in [-0.2, -0.15) is 0 Å². The van der Waals surface area contributed by atoms with Crippen molar-refractivity contribution in [3.63, 3.8) is 0 Å². The van der Waals surface area contributed by atoms with E-state index in [9.17, 15) is 14.4 Å². The fourth-order valence-corrected chi connectivity index (χ4v) is 4.03. The van der Waals surface area contributed by atoms with E-state index in [-0.39, 0.29) is 24.3 Å². The molecule has 3 amide bonds. The van der Waals surface area contributed by atoms with Gasteiger partial charge in [-0.05, 0) is 36.4 Å². The molecular formula is C26H25ClN4O3. The number of carbonyl (C=O) groups excluding carboxylic acids is 3. The Kier molecular flexibility index (Phi) is 7.57. The first kappa shape index (κ1) is 23.5. The van der Waals surface area contributed by atoms with Gasteiger partial charge in [0.05, 0.1) is 28.4 Å². The zero-order valence-corrected chi connectivity index (χ0v) is 19.3. The molecule has 0 bridgehead atoms. The Morgan fingerprint density at radius 1 is 0.735 bits per heavy atom. The van der Waals surface area contributed by atoms with Crippen LogP contribution in [0.15, 0.2) is 78.9 Å². The average molecular weight is 477 g/mol. The average Bonchev–Trinajstić information content (AvgIpc) is 2.85. The number of anilines is 2. The molecule has 1 fully saturated rings. The van der Waals surface area contributed by atoms with Crippen molar-refractivity contribution in [3.8, 4) is 0 Å². The minimum atomic E-state index is -0.297. The normalized spacial score (nSPS) is 13.9. The van der Waals surface area contributed by atoms with Gasteiger partial charge in [-0.1, -0.05) is 54.1 Å². The van der Waals surface area contributed by atoms with Crippen LogP contribution in [-0.2, 0) is 4.79 Å². The number of benzene rings is 3. The molecule has 34 heavy (non-hydrogen) atoms. The third-order valence-electron chi connectivity index (χ3n) is 5.61. The lowest BCUT2D eigenvalue weighted by Gasteiger charge is -2.34. The second-order valence-corrected chi connectivity index (χ2v) is 8.37. The first-order valence-corrected chi connectivity index (χ1v) is 11.4. The van der Waals surface area contributed by atoms with Gasteiger partial charge in [0, 0.05) is 31.9 Å². The summed E-state index contributed by atoms with van der Waals surface area (Å²) in [6.45, 7) is 2.32. The molecule has 4 rings (SSSR count). The second-order valence-electron chi connectivity index (χ2n) is 7.96. The summed E-state index contributed by atoms with van der Waals surface area (Å²) < 4.78 is 0. The van der Waals surface area contributed by atoms with Crippen molar-refractivity contribution in [1.29, 1.82) is 0 Å². The van der Waals surface area contributed by atoms with Gasteiger partial charge >= 0.3 is 0 Å². The number of para-hydroxylation sites is 2. The number of rotatable bonds is 6. The summed E-state index contributed by atoms with van der Waals surface area (Å²) in [5, 5.41) is 6.13. The maximum Gasteiger partial charge on any atom is 0.257 e. The largest absolute Gasteiger partial charge is 0.336 e. The summed E-state index contributed by atoms with van der Waals surface area (Å²) in [5.74, 6) is -0.618. The van der Waals surface area contributed by atoms with E-state index in [1.165, 1.54) is 0 Å². The monoisotopic (exact) mass is 476 g/mol. The summed E-state index contributed by atoms with van der Waals surface area (Å²) in [4.78, 5) is 41.9. The predicted molar refractivity (Wildman–Crippen MR) is 133 cm³/mol. The van der Waals surface area contributed by atoms with Crippen molar-refractivity contribution in [3.05, 3.63) is 95.0 Å². The van der Waals surface area contributed by atoms with E-state index in [1.54, 1.807) is 65.6 Å². The number of nitrogens with zero attached hydrogens (tertiary/aromatic N) is 2. The number of amides is 3. The maximum absolute atomic E-state index is 12.7. The van der Waals surface area contributed by atoms with E-state index < -0.39 is 0 Å². The number of hydrogen-bond donors (Lipinski definition) is 2. The van der Waals surface area contributed by atoms with Crippen molar-refractivity contribution in [2.75, 3.05) is 43.4 Å². The van der Waals surface area contributed by atoms with Crippen LogP contribution in [0.1, 0.15) is 20.7 Å². The quantitative estimate of drug-likeness (QED) is 0.563. The predicted octanol–water partition coefficient (Wildman–Crippen LogP) is 3.99. The minimum Gasteiger partial charge on any atom is -0.336 e. The highest BCUT2D eigenvalue weighted by Crippen LogP contribution is 2.19. The molecule has 8 heteroatoms. The van der Waals surface area contributed by atoms with Crippen LogP contribution in [0.3, 0.4) is 0 Å². The molecule has 2 N–H and O–H groups in total. The number of halogens is 1. The Bertz CT molecular complexity index is 1180. The van der Waals surface area contributed by atoms with E-state index >= 15 is 0 Å². The first-order chi connectivity index (χ1) is 16.5. The molecular weight excluding hydrogens is 452 g/mol. The lowest BCUT2D eigenvalue weighted by molar-refractivity contribution is -0.117. The molecule has 7 nitrogen and oxygen atoms in total. The maximum atomic E-state index is 12.7. The van der Waals surface area contributed by atoms with Gasteiger partial charge in [-0.15, -0.1) is 0 Å². The van der Waals surface area contributed by atoms with Crippen molar-refractivity contribution >= 4 is 40.7 Å². The Balaban J connectivity index is 1.31. The number of piperazine rings is 1. The van der Waals surface area contributed by atoms with E-state index in [0.29, 0.717) is 53.7 Å². The molecule has 1 aliphatic heterocycles. The van der Waals surface area contributed by atoms with Gasteiger partial charge in [-0.3, -0.25) is 19.3 Å². The van der Waals surface area contributed by atoms with Gasteiger partial charge in [0.15, 0.2) is 0 Å². The Labute approximate surface area is 203 Å². The minimum absolute atomic E-state index is 0.104. The van der Waals surface area contributed by atoms with Crippen LogP contribution in [0.25, 0.3) is 0 Å². The standard InChI is InChI=1S/C26H25ClN4O3/c27-22-12-6-4-10-20(22)26(34)31-16-14-30(15-17-31)18-24(32)29-23-13-7-5-11-21(23)25(33)28-19-8-2-1-3-9-19/h1-13H,14-18H2,(H,28,33)(H,29,32). The van der Waals surface area contributed by atoms with Gasteiger partial charge in [-0.25, -0.2) is 0 Å². The Hall–Kier alpha value is -3.68. The second kappa shape index (κ2) is 11.0. The summed E-state index contributed by atoms with van der Waals surface area (Å²) >= 11 is 6.15. The smallest absolute Gasteiger partial charge is 0.257 e. The molecule has 0 radical (unpaired) electrons. The number of carbonyl (C=O) groups is 3. The molecule has 3 aromatic carbocycles. The van der Waals surface area contributed by atoms with Gasteiger partial charge in [0.2, 0.25) is 5.91 Å². The summed E-state index contributed by atoms with van der Waals surface area (Å²) in [6, 6.07) is 23.1. The van der Waals surface area contributed by atoms with Gasteiger partial charge in [0.25, 0.3) is 11.8 Å². The van der Waals surface area contributed by atoms with Crippen molar-refractivity contribution in [2.24, 2.45) is 0 Å². The van der Waals surface area contributed by atoms with Gasteiger partial charge < -0.3 is 15.5 Å². The Morgan fingerprint density at radius 2 is 1.35 bits per heavy atom. The summed E-state index contributed by atoms with van der Waals surface area (Å²) in [7, 11) is 0.